The molecule has 3 saturated heterocycles. The van der Waals surface area contributed by atoms with Crippen molar-refractivity contribution in [3.8, 4) is 0 Å². The first kappa shape index (κ1) is 16.5. The molecule has 0 aliphatic carbocycles. The van der Waals surface area contributed by atoms with Crippen molar-refractivity contribution in [1.82, 2.24) is 10.2 Å². The van der Waals surface area contributed by atoms with Gasteiger partial charge in [0, 0.05) is 18.5 Å². The molecule has 2 bridgehead atoms. The molecule has 0 spiro atoms. The maximum atomic E-state index is 13.0. The molecular weight excluding hydrogens is 340 g/mol. The van der Waals surface area contributed by atoms with Gasteiger partial charge in [-0.3, -0.25) is 9.69 Å². The Hall–Kier alpha value is -2.66. The number of amides is 1. The van der Waals surface area contributed by atoms with Gasteiger partial charge in [-0.1, -0.05) is 60.7 Å². The molecule has 5 heteroatoms. The Balaban J connectivity index is 1.58. The molecule has 2 aromatic carbocycles. The summed E-state index contributed by atoms with van der Waals surface area (Å²) in [6.07, 6.45) is 1.58. The molecule has 138 valence electrons. The van der Waals surface area contributed by atoms with Crippen LogP contribution in [0.1, 0.15) is 42.5 Å². The summed E-state index contributed by atoms with van der Waals surface area (Å²) in [7, 11) is 0. The van der Waals surface area contributed by atoms with Crippen LogP contribution < -0.4 is 5.32 Å². The van der Waals surface area contributed by atoms with Crippen LogP contribution in [-0.4, -0.2) is 34.9 Å². The SMILES string of the molecule is O=C1C[C@@H]2CC[C@@H](N2)[C@@H]1N1C(=O)O[C@H](c2ccccc2)[C@@H]1c1ccccc1. The van der Waals surface area contributed by atoms with Gasteiger partial charge in [-0.15, -0.1) is 0 Å². The van der Waals surface area contributed by atoms with E-state index >= 15 is 0 Å². The predicted molar refractivity (Wildman–Crippen MR) is 100 cm³/mol. The highest BCUT2D eigenvalue weighted by Gasteiger charge is 2.53. The summed E-state index contributed by atoms with van der Waals surface area (Å²) < 4.78 is 5.84. The Morgan fingerprint density at radius 3 is 2.22 bits per heavy atom. The van der Waals surface area contributed by atoms with E-state index in [2.05, 4.69) is 5.32 Å². The number of benzene rings is 2. The molecular formula is C22H22N2O3. The highest BCUT2D eigenvalue weighted by atomic mass is 16.6. The standard InChI is InChI=1S/C22H22N2O3/c25-18-13-16-11-12-17(23-16)20(18)24-19(14-7-3-1-4-8-14)21(27-22(24)26)15-9-5-2-6-10-15/h1-10,16-17,19-21,23H,11-13H2/t16-,17+,19-,20-,21+/m0/s1. The minimum atomic E-state index is -0.463. The lowest BCUT2D eigenvalue weighted by atomic mass is 9.90. The van der Waals surface area contributed by atoms with Crippen LogP contribution >= 0.6 is 0 Å². The molecule has 5 nitrogen and oxygen atoms in total. The molecule has 0 aromatic heterocycles. The third kappa shape index (κ3) is 2.73. The number of hydrogen-bond acceptors (Lipinski definition) is 4. The molecule has 1 amide bonds. The van der Waals surface area contributed by atoms with Crippen LogP contribution in [0, 0.1) is 0 Å². The second kappa shape index (κ2) is 6.50. The van der Waals surface area contributed by atoms with Gasteiger partial charge in [-0.25, -0.2) is 4.79 Å². The van der Waals surface area contributed by atoms with Crippen LogP contribution in [0.3, 0.4) is 0 Å². The Morgan fingerprint density at radius 1 is 0.852 bits per heavy atom. The number of rotatable bonds is 3. The number of nitrogens with zero attached hydrogens (tertiary/aromatic N) is 1. The summed E-state index contributed by atoms with van der Waals surface area (Å²) in [6, 6.07) is 19.2. The summed E-state index contributed by atoms with van der Waals surface area (Å²) in [5.41, 5.74) is 1.94. The largest absolute Gasteiger partial charge is 0.439 e. The van der Waals surface area contributed by atoms with Crippen molar-refractivity contribution in [3.05, 3.63) is 71.8 Å². The number of cyclic esters (lactones) is 1. The maximum Gasteiger partial charge on any atom is 0.411 e. The molecule has 3 fully saturated rings. The Morgan fingerprint density at radius 2 is 1.52 bits per heavy atom. The fourth-order valence-corrected chi connectivity index (χ4v) is 4.86. The zero-order valence-electron chi connectivity index (χ0n) is 15.0. The first-order valence-electron chi connectivity index (χ1n) is 9.60. The molecule has 3 aliphatic rings. The summed E-state index contributed by atoms with van der Waals surface area (Å²) >= 11 is 0. The van der Waals surface area contributed by atoms with Crippen molar-refractivity contribution in [1.29, 1.82) is 0 Å². The van der Waals surface area contributed by atoms with Gasteiger partial charge in [-0.05, 0) is 24.0 Å². The fraction of sp³-hybridized carbons (Fsp3) is 0.364. The zero-order chi connectivity index (χ0) is 18.4. The Bertz CT molecular complexity index is 854. The Kier molecular flexibility index (Phi) is 3.97. The molecule has 5 rings (SSSR count). The quantitative estimate of drug-likeness (QED) is 0.909. The second-order valence-corrected chi connectivity index (χ2v) is 7.64. The summed E-state index contributed by atoms with van der Waals surface area (Å²) in [6.45, 7) is 0. The van der Waals surface area contributed by atoms with Crippen LogP contribution in [0.2, 0.25) is 0 Å². The van der Waals surface area contributed by atoms with Crippen molar-refractivity contribution in [2.75, 3.05) is 0 Å². The van der Waals surface area contributed by atoms with Gasteiger partial charge < -0.3 is 10.1 Å². The molecule has 0 radical (unpaired) electrons. The number of Topliss-reactive ketones (excluding diaryl/α,β-unsaturated/α-hetero) is 1. The van der Waals surface area contributed by atoms with E-state index in [-0.39, 0.29) is 23.9 Å². The van der Waals surface area contributed by atoms with Gasteiger partial charge in [0.05, 0.1) is 0 Å². The van der Waals surface area contributed by atoms with E-state index in [1.54, 1.807) is 4.90 Å². The van der Waals surface area contributed by atoms with Crippen LogP contribution in [0.5, 0.6) is 0 Å². The predicted octanol–water partition coefficient (Wildman–Crippen LogP) is 3.38. The van der Waals surface area contributed by atoms with Crippen LogP contribution in [0.4, 0.5) is 4.79 Å². The smallest absolute Gasteiger partial charge is 0.411 e. The van der Waals surface area contributed by atoms with Gasteiger partial charge in [0.15, 0.2) is 11.9 Å². The van der Waals surface area contributed by atoms with E-state index in [0.29, 0.717) is 6.42 Å². The Labute approximate surface area is 158 Å². The van der Waals surface area contributed by atoms with Crippen molar-refractivity contribution in [3.63, 3.8) is 0 Å². The minimum Gasteiger partial charge on any atom is -0.439 e. The monoisotopic (exact) mass is 362 g/mol. The van der Waals surface area contributed by atoms with E-state index in [0.717, 1.165) is 24.0 Å². The first-order valence-corrected chi connectivity index (χ1v) is 9.60. The number of ketones is 1. The average Bonchev–Trinajstić information content (AvgIpc) is 3.25. The van der Waals surface area contributed by atoms with Gasteiger partial charge >= 0.3 is 6.09 Å². The lowest BCUT2D eigenvalue weighted by Crippen LogP contribution is -2.58. The van der Waals surface area contributed by atoms with E-state index in [1.165, 1.54) is 0 Å². The molecule has 0 saturated carbocycles. The molecule has 0 unspecified atom stereocenters. The molecule has 3 heterocycles. The topological polar surface area (TPSA) is 58.6 Å². The molecule has 5 atom stereocenters. The highest BCUT2D eigenvalue weighted by molar-refractivity contribution is 5.90. The first-order chi connectivity index (χ1) is 13.2. The second-order valence-electron chi connectivity index (χ2n) is 7.64. The van der Waals surface area contributed by atoms with E-state index in [1.807, 2.05) is 60.7 Å². The molecule has 2 aromatic rings. The van der Waals surface area contributed by atoms with Crippen LogP contribution in [0.25, 0.3) is 0 Å². The van der Waals surface area contributed by atoms with Gasteiger partial charge in [0.25, 0.3) is 0 Å². The molecule has 27 heavy (non-hydrogen) atoms. The van der Waals surface area contributed by atoms with E-state index in [9.17, 15) is 9.59 Å². The van der Waals surface area contributed by atoms with Crippen molar-refractivity contribution >= 4 is 11.9 Å². The van der Waals surface area contributed by atoms with E-state index < -0.39 is 18.2 Å². The summed E-state index contributed by atoms with van der Waals surface area (Å²) in [4.78, 5) is 27.6. The van der Waals surface area contributed by atoms with Crippen molar-refractivity contribution in [2.24, 2.45) is 0 Å². The van der Waals surface area contributed by atoms with Crippen LogP contribution in [-0.2, 0) is 9.53 Å². The van der Waals surface area contributed by atoms with Gasteiger partial charge in [0.1, 0.15) is 12.1 Å². The number of ether oxygens (including phenoxy) is 1. The summed E-state index contributed by atoms with van der Waals surface area (Å²) in [5, 5.41) is 3.52. The minimum absolute atomic E-state index is 0.0181. The number of fused-ring (bicyclic) bond motifs is 2. The number of hydrogen-bond donors (Lipinski definition) is 1. The molecule has 1 N–H and O–H groups in total. The molecule has 3 aliphatic heterocycles. The van der Waals surface area contributed by atoms with Crippen molar-refractivity contribution < 1.29 is 14.3 Å². The number of carbonyl (C=O) groups excluding carboxylic acids is 2. The normalized spacial score (nSPS) is 32.6. The maximum absolute atomic E-state index is 13.0. The van der Waals surface area contributed by atoms with E-state index in [4.69, 9.17) is 4.74 Å². The average molecular weight is 362 g/mol. The number of carbonyl (C=O) groups is 2. The number of nitrogens with one attached hydrogen (secondary N) is 1. The third-order valence-corrected chi connectivity index (χ3v) is 6.03. The fourth-order valence-electron chi connectivity index (χ4n) is 4.86. The number of piperidine rings is 1. The zero-order valence-corrected chi connectivity index (χ0v) is 15.0. The van der Waals surface area contributed by atoms with Crippen LogP contribution in [0.15, 0.2) is 60.7 Å². The van der Waals surface area contributed by atoms with Crippen molar-refractivity contribution in [2.45, 2.75) is 49.5 Å². The van der Waals surface area contributed by atoms with Gasteiger partial charge in [0.2, 0.25) is 0 Å². The lowest BCUT2D eigenvalue weighted by molar-refractivity contribution is -0.126. The highest BCUT2D eigenvalue weighted by Crippen LogP contribution is 2.46. The lowest BCUT2D eigenvalue weighted by Gasteiger charge is -2.37. The summed E-state index contributed by atoms with van der Waals surface area (Å²) in [5.74, 6) is 0.146. The third-order valence-electron chi connectivity index (χ3n) is 6.03. The van der Waals surface area contributed by atoms with Gasteiger partial charge in [-0.2, -0.15) is 0 Å².